The van der Waals surface area contributed by atoms with E-state index in [1.54, 1.807) is 7.11 Å². The molecule has 19 heavy (non-hydrogen) atoms. The van der Waals surface area contributed by atoms with Crippen molar-refractivity contribution >= 4 is 11.0 Å². The first-order valence-electron chi connectivity index (χ1n) is 5.76. The van der Waals surface area contributed by atoms with Crippen LogP contribution in [0.3, 0.4) is 0 Å². The fraction of sp³-hybridized carbons (Fsp3) is 0.143. The fourth-order valence-corrected chi connectivity index (χ4v) is 1.98. The number of hydrogen-bond donors (Lipinski definition) is 1. The number of aromatic nitrogens is 3. The molecule has 0 radical (unpaired) electrons. The highest BCUT2D eigenvalue weighted by molar-refractivity contribution is 5.80. The van der Waals surface area contributed by atoms with E-state index in [0.717, 1.165) is 28.2 Å². The standard InChI is InChI=1S/C14H14N3O.HI/c1-17-7-3-4-10(9-17)14-15-12-6-5-11(18-2)8-13(12)16-14;/h3-9H,1-2H3,(H,15,16);1H/q+1;/p-1. The summed E-state index contributed by atoms with van der Waals surface area (Å²) in [5, 5.41) is 0. The largest absolute Gasteiger partial charge is 1.00 e. The average molecular weight is 367 g/mol. The van der Waals surface area contributed by atoms with E-state index in [-0.39, 0.29) is 24.0 Å². The van der Waals surface area contributed by atoms with E-state index >= 15 is 0 Å². The van der Waals surface area contributed by atoms with Crippen molar-refractivity contribution in [1.29, 1.82) is 0 Å². The highest BCUT2D eigenvalue weighted by Gasteiger charge is 2.08. The van der Waals surface area contributed by atoms with Crippen LogP contribution in [-0.2, 0) is 7.05 Å². The molecule has 0 aliphatic rings. The molecule has 0 spiro atoms. The SMILES string of the molecule is COc1ccc2nc(-c3ccc[n+](C)c3)[nH]c2c1.[I-]. The van der Waals surface area contributed by atoms with Crippen LogP contribution in [0.25, 0.3) is 22.4 Å². The van der Waals surface area contributed by atoms with Gasteiger partial charge < -0.3 is 33.7 Å². The van der Waals surface area contributed by atoms with Crippen LogP contribution < -0.4 is 33.3 Å². The summed E-state index contributed by atoms with van der Waals surface area (Å²) in [6, 6.07) is 9.86. The molecule has 3 rings (SSSR count). The molecule has 0 saturated heterocycles. The maximum Gasteiger partial charge on any atom is 0.179 e. The molecule has 3 aromatic rings. The van der Waals surface area contributed by atoms with Gasteiger partial charge in [-0.15, -0.1) is 0 Å². The van der Waals surface area contributed by atoms with Crippen molar-refractivity contribution in [3.05, 3.63) is 42.7 Å². The highest BCUT2D eigenvalue weighted by Crippen LogP contribution is 2.22. The van der Waals surface area contributed by atoms with Crippen molar-refractivity contribution in [2.24, 2.45) is 7.05 Å². The number of nitrogens with zero attached hydrogens (tertiary/aromatic N) is 2. The topological polar surface area (TPSA) is 41.8 Å². The van der Waals surface area contributed by atoms with Crippen LogP contribution in [0, 0.1) is 0 Å². The second kappa shape index (κ2) is 5.56. The Morgan fingerprint density at radius 3 is 2.84 bits per heavy atom. The number of fused-ring (bicyclic) bond motifs is 1. The summed E-state index contributed by atoms with van der Waals surface area (Å²) in [6.07, 6.45) is 4.03. The third-order valence-corrected chi connectivity index (χ3v) is 2.90. The first-order valence-corrected chi connectivity index (χ1v) is 5.76. The Morgan fingerprint density at radius 2 is 2.11 bits per heavy atom. The molecule has 2 heterocycles. The second-order valence-electron chi connectivity index (χ2n) is 4.23. The van der Waals surface area contributed by atoms with E-state index in [1.807, 2.05) is 54.3 Å². The minimum absolute atomic E-state index is 0. The van der Waals surface area contributed by atoms with Crippen molar-refractivity contribution in [3.63, 3.8) is 0 Å². The van der Waals surface area contributed by atoms with Crippen LogP contribution in [0.4, 0.5) is 0 Å². The highest BCUT2D eigenvalue weighted by atomic mass is 127. The molecule has 0 unspecified atom stereocenters. The number of rotatable bonds is 2. The number of halogens is 1. The van der Waals surface area contributed by atoms with E-state index in [2.05, 4.69) is 9.97 Å². The molecule has 2 aromatic heterocycles. The predicted molar refractivity (Wildman–Crippen MR) is 69.3 cm³/mol. The number of aromatic amines is 1. The number of nitrogens with one attached hydrogen (secondary N) is 1. The van der Waals surface area contributed by atoms with Gasteiger partial charge in [-0.1, -0.05) is 0 Å². The van der Waals surface area contributed by atoms with Gasteiger partial charge in [0, 0.05) is 12.1 Å². The molecule has 0 aliphatic carbocycles. The Balaban J connectivity index is 0.00000133. The van der Waals surface area contributed by atoms with Crippen LogP contribution in [-0.4, -0.2) is 17.1 Å². The molecular formula is C14H14IN3O. The molecule has 1 aromatic carbocycles. The lowest BCUT2D eigenvalue weighted by Crippen LogP contribution is -3.00. The fourth-order valence-electron chi connectivity index (χ4n) is 1.98. The molecule has 0 atom stereocenters. The van der Waals surface area contributed by atoms with Gasteiger partial charge in [-0.2, -0.15) is 0 Å². The summed E-state index contributed by atoms with van der Waals surface area (Å²) in [5.41, 5.74) is 2.99. The summed E-state index contributed by atoms with van der Waals surface area (Å²) in [7, 11) is 3.66. The summed E-state index contributed by atoms with van der Waals surface area (Å²) in [6.45, 7) is 0. The zero-order chi connectivity index (χ0) is 12.5. The van der Waals surface area contributed by atoms with Crippen LogP contribution in [0.5, 0.6) is 5.75 Å². The summed E-state index contributed by atoms with van der Waals surface area (Å²) < 4.78 is 7.21. The predicted octanol–water partition coefficient (Wildman–Crippen LogP) is -0.933. The number of imidazole rings is 1. The third-order valence-electron chi connectivity index (χ3n) is 2.90. The lowest BCUT2D eigenvalue weighted by Gasteiger charge is -1.96. The van der Waals surface area contributed by atoms with Gasteiger partial charge >= 0.3 is 0 Å². The lowest BCUT2D eigenvalue weighted by atomic mass is 10.3. The van der Waals surface area contributed by atoms with Gasteiger partial charge in [0.15, 0.2) is 12.4 Å². The maximum atomic E-state index is 5.20. The molecule has 0 saturated carbocycles. The Labute approximate surface area is 128 Å². The van der Waals surface area contributed by atoms with E-state index in [0.29, 0.717) is 0 Å². The Kier molecular flexibility index (Phi) is 4.04. The van der Waals surface area contributed by atoms with Gasteiger partial charge in [-0.25, -0.2) is 9.55 Å². The van der Waals surface area contributed by atoms with Crippen molar-refractivity contribution in [2.45, 2.75) is 0 Å². The molecule has 0 fully saturated rings. The van der Waals surface area contributed by atoms with Crippen LogP contribution in [0.1, 0.15) is 0 Å². The van der Waals surface area contributed by atoms with Crippen molar-refractivity contribution < 1.29 is 33.3 Å². The number of methoxy groups -OCH3 is 1. The summed E-state index contributed by atoms with van der Waals surface area (Å²) >= 11 is 0. The first kappa shape index (κ1) is 13.8. The quantitative estimate of drug-likeness (QED) is 0.470. The maximum absolute atomic E-state index is 5.20. The molecule has 0 amide bonds. The number of H-pyrrole nitrogens is 1. The lowest BCUT2D eigenvalue weighted by molar-refractivity contribution is -0.671. The minimum atomic E-state index is 0. The normalized spacial score (nSPS) is 10.2. The van der Waals surface area contributed by atoms with Crippen molar-refractivity contribution in [1.82, 2.24) is 9.97 Å². The zero-order valence-corrected chi connectivity index (χ0v) is 12.9. The van der Waals surface area contributed by atoms with E-state index < -0.39 is 0 Å². The first-order chi connectivity index (χ1) is 8.76. The van der Waals surface area contributed by atoms with Crippen LogP contribution >= 0.6 is 0 Å². The number of ether oxygens (including phenoxy) is 1. The van der Waals surface area contributed by atoms with Gasteiger partial charge in [-0.3, -0.25) is 0 Å². The zero-order valence-electron chi connectivity index (χ0n) is 10.7. The average Bonchev–Trinajstić information content (AvgIpc) is 2.81. The van der Waals surface area contributed by atoms with Crippen LogP contribution in [0.15, 0.2) is 42.7 Å². The van der Waals surface area contributed by atoms with Crippen molar-refractivity contribution in [2.75, 3.05) is 7.11 Å². The van der Waals surface area contributed by atoms with Gasteiger partial charge in [0.1, 0.15) is 18.6 Å². The molecule has 4 nitrogen and oxygen atoms in total. The number of hydrogen-bond acceptors (Lipinski definition) is 2. The van der Waals surface area contributed by atoms with Gasteiger partial charge in [-0.05, 0) is 18.2 Å². The molecule has 5 heteroatoms. The molecule has 1 N–H and O–H groups in total. The van der Waals surface area contributed by atoms with E-state index in [9.17, 15) is 0 Å². The monoisotopic (exact) mass is 367 g/mol. The Bertz CT molecular complexity index is 709. The summed E-state index contributed by atoms with van der Waals surface area (Å²) in [4.78, 5) is 7.88. The third kappa shape index (κ3) is 2.70. The minimum Gasteiger partial charge on any atom is -1.00 e. The number of aryl methyl sites for hydroxylation is 1. The Hall–Kier alpha value is -1.63. The van der Waals surface area contributed by atoms with E-state index in [1.165, 1.54) is 0 Å². The van der Waals surface area contributed by atoms with Crippen molar-refractivity contribution in [3.8, 4) is 17.1 Å². The molecule has 0 aliphatic heterocycles. The molecule has 98 valence electrons. The molecule has 0 bridgehead atoms. The number of benzene rings is 1. The summed E-state index contributed by atoms with van der Waals surface area (Å²) in [5.74, 6) is 1.70. The second-order valence-corrected chi connectivity index (χ2v) is 4.23. The van der Waals surface area contributed by atoms with Gasteiger partial charge in [0.2, 0.25) is 0 Å². The van der Waals surface area contributed by atoms with Gasteiger partial charge in [0.25, 0.3) is 0 Å². The van der Waals surface area contributed by atoms with Gasteiger partial charge in [0.05, 0.1) is 23.7 Å². The number of pyridine rings is 1. The molecular weight excluding hydrogens is 353 g/mol. The van der Waals surface area contributed by atoms with Crippen LogP contribution in [0.2, 0.25) is 0 Å². The Morgan fingerprint density at radius 1 is 1.26 bits per heavy atom. The van der Waals surface area contributed by atoms with E-state index in [4.69, 9.17) is 4.74 Å². The smallest absolute Gasteiger partial charge is 0.179 e.